The SMILES string of the molecule is CCC1CN(c2ccc(C(N)=NC#N)nc2C)CCN1C1CCN(C(=O)c2ccc(Cl)c(F)c2)CC1. The number of hydrogen-bond donors (Lipinski definition) is 1. The number of nitrogens with zero attached hydrogens (tertiary/aromatic N) is 6. The van der Waals surface area contributed by atoms with Crippen molar-refractivity contribution in [3.05, 3.63) is 58.1 Å². The molecule has 0 bridgehead atoms. The number of hydrogen-bond acceptors (Lipinski definition) is 6. The first-order valence-electron chi connectivity index (χ1n) is 12.3. The molecule has 2 aliphatic rings. The maximum Gasteiger partial charge on any atom is 0.253 e. The highest BCUT2D eigenvalue weighted by Crippen LogP contribution is 2.28. The molecular weight excluding hydrogens is 481 g/mol. The van der Waals surface area contributed by atoms with E-state index < -0.39 is 5.82 Å². The van der Waals surface area contributed by atoms with Crippen LogP contribution in [0.3, 0.4) is 0 Å². The Hall–Kier alpha value is -3.22. The molecule has 10 heteroatoms. The maximum atomic E-state index is 13.8. The standard InChI is InChI=1S/C26H31ClFN7O/c1-3-19-15-34(24-7-6-23(32-17(24)2)25(30)31-16-29)12-13-35(19)20-8-10-33(11-9-20)26(36)18-4-5-21(27)22(28)14-18/h4-7,14,19-20H,3,8-13,15H2,1-2H3,(H2,30,31). The highest BCUT2D eigenvalue weighted by atomic mass is 35.5. The van der Waals surface area contributed by atoms with Gasteiger partial charge in [-0.2, -0.15) is 10.3 Å². The van der Waals surface area contributed by atoms with Gasteiger partial charge in [0, 0.05) is 50.4 Å². The van der Waals surface area contributed by atoms with Crippen molar-refractivity contribution in [3.63, 3.8) is 0 Å². The average molecular weight is 512 g/mol. The molecule has 8 nitrogen and oxygen atoms in total. The van der Waals surface area contributed by atoms with E-state index in [2.05, 4.69) is 26.7 Å². The number of pyridine rings is 1. The molecule has 36 heavy (non-hydrogen) atoms. The molecule has 2 saturated heterocycles. The second-order valence-corrected chi connectivity index (χ2v) is 9.70. The van der Waals surface area contributed by atoms with Crippen LogP contribution in [-0.4, -0.2) is 71.3 Å². The minimum absolute atomic E-state index is 0.0221. The van der Waals surface area contributed by atoms with Crippen LogP contribution in [0, 0.1) is 24.2 Å². The van der Waals surface area contributed by atoms with Crippen LogP contribution in [0.5, 0.6) is 0 Å². The Bertz CT molecular complexity index is 1190. The molecule has 2 aromatic rings. The van der Waals surface area contributed by atoms with E-state index in [-0.39, 0.29) is 16.8 Å². The van der Waals surface area contributed by atoms with Gasteiger partial charge in [0.25, 0.3) is 5.91 Å². The predicted molar refractivity (Wildman–Crippen MR) is 139 cm³/mol. The highest BCUT2D eigenvalue weighted by Gasteiger charge is 2.34. The minimum Gasteiger partial charge on any atom is -0.381 e. The van der Waals surface area contributed by atoms with E-state index in [9.17, 15) is 9.18 Å². The molecule has 0 saturated carbocycles. The molecule has 2 N–H and O–H groups in total. The fraction of sp³-hybridized carbons (Fsp3) is 0.462. The molecule has 1 aromatic carbocycles. The van der Waals surface area contributed by atoms with Crippen molar-refractivity contribution in [3.8, 4) is 6.19 Å². The van der Waals surface area contributed by atoms with E-state index in [0.717, 1.165) is 50.3 Å². The number of aromatic nitrogens is 1. The number of piperazine rings is 1. The van der Waals surface area contributed by atoms with Crippen molar-refractivity contribution < 1.29 is 9.18 Å². The van der Waals surface area contributed by atoms with Gasteiger partial charge in [0.1, 0.15) is 11.5 Å². The smallest absolute Gasteiger partial charge is 0.253 e. The average Bonchev–Trinajstić information content (AvgIpc) is 2.89. The molecule has 190 valence electrons. The molecule has 0 radical (unpaired) electrons. The van der Waals surface area contributed by atoms with Gasteiger partial charge in [0.15, 0.2) is 5.84 Å². The number of aryl methyl sites for hydroxylation is 1. The van der Waals surface area contributed by atoms with Gasteiger partial charge >= 0.3 is 0 Å². The zero-order valence-corrected chi connectivity index (χ0v) is 21.4. The lowest BCUT2D eigenvalue weighted by atomic mass is 9.97. The number of likely N-dealkylation sites (tertiary alicyclic amines) is 1. The predicted octanol–water partition coefficient (Wildman–Crippen LogP) is 3.57. The van der Waals surface area contributed by atoms with Gasteiger partial charge in [-0.3, -0.25) is 9.69 Å². The van der Waals surface area contributed by atoms with Crippen molar-refractivity contribution in [1.82, 2.24) is 14.8 Å². The fourth-order valence-electron chi connectivity index (χ4n) is 5.29. The Morgan fingerprint density at radius 3 is 2.64 bits per heavy atom. The lowest BCUT2D eigenvalue weighted by Gasteiger charge is -2.48. The summed E-state index contributed by atoms with van der Waals surface area (Å²) in [6.07, 6.45) is 4.51. The molecule has 0 aliphatic carbocycles. The van der Waals surface area contributed by atoms with E-state index >= 15 is 0 Å². The van der Waals surface area contributed by atoms with Crippen molar-refractivity contribution >= 4 is 29.0 Å². The van der Waals surface area contributed by atoms with E-state index in [1.165, 1.54) is 12.1 Å². The van der Waals surface area contributed by atoms with Gasteiger partial charge in [0.2, 0.25) is 6.19 Å². The van der Waals surface area contributed by atoms with Crippen LogP contribution in [-0.2, 0) is 0 Å². The van der Waals surface area contributed by atoms with Crippen LogP contribution in [0.25, 0.3) is 0 Å². The van der Waals surface area contributed by atoms with E-state index in [0.29, 0.717) is 36.4 Å². The zero-order valence-electron chi connectivity index (χ0n) is 20.6. The molecule has 1 aromatic heterocycles. The first-order chi connectivity index (χ1) is 17.3. The van der Waals surface area contributed by atoms with Crippen LogP contribution in [0.1, 0.15) is 47.9 Å². The van der Waals surface area contributed by atoms with Crippen LogP contribution in [0.2, 0.25) is 5.02 Å². The second-order valence-electron chi connectivity index (χ2n) is 9.30. The Morgan fingerprint density at radius 2 is 2.00 bits per heavy atom. The monoisotopic (exact) mass is 511 g/mol. The molecule has 1 atom stereocenters. The number of nitriles is 1. The lowest BCUT2D eigenvalue weighted by Crippen LogP contribution is -2.58. The summed E-state index contributed by atoms with van der Waals surface area (Å²) < 4.78 is 13.8. The lowest BCUT2D eigenvalue weighted by molar-refractivity contribution is 0.0491. The summed E-state index contributed by atoms with van der Waals surface area (Å²) in [6, 6.07) is 8.85. The Kier molecular flexibility index (Phi) is 8.07. The number of benzene rings is 1. The third-order valence-electron chi connectivity index (χ3n) is 7.22. The van der Waals surface area contributed by atoms with E-state index in [1.54, 1.807) is 12.3 Å². The zero-order chi connectivity index (χ0) is 25.8. The number of aliphatic imine (C=N–C) groups is 1. The number of carbonyl (C=O) groups is 1. The topological polar surface area (TPSA) is 102 Å². The minimum atomic E-state index is -0.570. The number of nitrogens with two attached hydrogens (primary N) is 1. The van der Waals surface area contributed by atoms with Gasteiger partial charge in [-0.05, 0) is 56.5 Å². The highest BCUT2D eigenvalue weighted by molar-refractivity contribution is 6.30. The number of halogens is 2. The molecule has 4 rings (SSSR count). The molecule has 1 unspecified atom stereocenters. The van der Waals surface area contributed by atoms with Crippen molar-refractivity contribution in [1.29, 1.82) is 5.26 Å². The van der Waals surface area contributed by atoms with Crippen molar-refractivity contribution in [2.75, 3.05) is 37.6 Å². The van der Waals surface area contributed by atoms with Gasteiger partial charge < -0.3 is 15.5 Å². The van der Waals surface area contributed by atoms with E-state index in [4.69, 9.17) is 22.6 Å². The number of anilines is 1. The Balaban J connectivity index is 1.37. The van der Waals surface area contributed by atoms with Crippen LogP contribution in [0.15, 0.2) is 35.3 Å². The van der Waals surface area contributed by atoms with Crippen molar-refractivity contribution in [2.45, 2.75) is 45.2 Å². The third kappa shape index (κ3) is 5.45. The molecule has 0 spiro atoms. The summed E-state index contributed by atoms with van der Waals surface area (Å²) >= 11 is 5.76. The quantitative estimate of drug-likeness (QED) is 0.374. The summed E-state index contributed by atoms with van der Waals surface area (Å²) in [7, 11) is 0. The summed E-state index contributed by atoms with van der Waals surface area (Å²) in [5.74, 6) is -0.595. The first-order valence-corrected chi connectivity index (χ1v) is 12.7. The number of rotatable bonds is 5. The molecule has 1 amide bonds. The Morgan fingerprint density at radius 1 is 1.25 bits per heavy atom. The summed E-state index contributed by atoms with van der Waals surface area (Å²) in [6.45, 7) is 8.17. The summed E-state index contributed by atoms with van der Waals surface area (Å²) in [5.41, 5.74) is 8.59. The fourth-order valence-corrected chi connectivity index (χ4v) is 5.40. The Labute approximate surface area is 216 Å². The first kappa shape index (κ1) is 25.9. The van der Waals surface area contributed by atoms with Crippen LogP contribution in [0.4, 0.5) is 10.1 Å². The molecule has 2 aliphatic heterocycles. The number of amides is 1. The maximum absolute atomic E-state index is 13.8. The molecule has 3 heterocycles. The van der Waals surface area contributed by atoms with Crippen molar-refractivity contribution in [2.24, 2.45) is 10.7 Å². The molecule has 2 fully saturated rings. The van der Waals surface area contributed by atoms with Crippen LogP contribution < -0.4 is 10.6 Å². The largest absolute Gasteiger partial charge is 0.381 e. The summed E-state index contributed by atoms with van der Waals surface area (Å²) in [5, 5.41) is 8.75. The second kappa shape index (κ2) is 11.2. The number of piperidine rings is 1. The van der Waals surface area contributed by atoms with Crippen LogP contribution >= 0.6 is 11.6 Å². The van der Waals surface area contributed by atoms with E-state index in [1.807, 2.05) is 24.0 Å². The molecular formula is C26H31ClFN7O. The van der Waals surface area contributed by atoms with Gasteiger partial charge in [-0.25, -0.2) is 9.37 Å². The van der Waals surface area contributed by atoms with Gasteiger partial charge in [-0.15, -0.1) is 0 Å². The van der Waals surface area contributed by atoms with Gasteiger partial charge in [-0.1, -0.05) is 18.5 Å². The number of amidine groups is 1. The van der Waals surface area contributed by atoms with Gasteiger partial charge in [0.05, 0.1) is 16.4 Å². The number of carbonyl (C=O) groups excluding carboxylic acids is 1. The third-order valence-corrected chi connectivity index (χ3v) is 7.52. The summed E-state index contributed by atoms with van der Waals surface area (Å²) in [4.78, 5) is 27.8. The normalized spacial score (nSPS) is 19.9.